The average molecular weight is 339 g/mol. The van der Waals surface area contributed by atoms with E-state index in [1.807, 2.05) is 6.92 Å². The van der Waals surface area contributed by atoms with Gasteiger partial charge >= 0.3 is 5.97 Å². The molecule has 4 saturated carbocycles. The second-order valence-electron chi connectivity index (χ2n) is 8.96. The van der Waals surface area contributed by atoms with Gasteiger partial charge in [-0.3, -0.25) is 0 Å². The van der Waals surface area contributed by atoms with Crippen LogP contribution in [0.1, 0.15) is 51.9 Å². The van der Waals surface area contributed by atoms with Crippen LogP contribution in [-0.2, 0) is 9.53 Å². The topological polar surface area (TPSA) is 99.0 Å². The number of carboxylic acids is 1. The second-order valence-corrected chi connectivity index (χ2v) is 8.96. The molecule has 4 N–H and O–H groups in total. The van der Waals surface area contributed by atoms with Crippen LogP contribution < -0.4 is 5.32 Å². The molecule has 0 amide bonds. The fourth-order valence-electron chi connectivity index (χ4n) is 6.13. The van der Waals surface area contributed by atoms with Crippen LogP contribution in [0.3, 0.4) is 0 Å². The average Bonchev–Trinajstić information content (AvgIpc) is 2.48. The lowest BCUT2D eigenvalue weighted by molar-refractivity contribution is -0.282. The molecular weight excluding hydrogens is 310 g/mol. The van der Waals surface area contributed by atoms with E-state index in [0.29, 0.717) is 6.54 Å². The molecule has 5 aliphatic rings. The number of hydrogen-bond acceptors (Lipinski definition) is 5. The van der Waals surface area contributed by atoms with Crippen LogP contribution in [0.4, 0.5) is 0 Å². The number of hydrogen-bond donors (Lipinski definition) is 4. The van der Waals surface area contributed by atoms with Gasteiger partial charge in [-0.15, -0.1) is 0 Å². The highest BCUT2D eigenvalue weighted by atomic mass is 16.7. The first-order valence-corrected chi connectivity index (χ1v) is 9.35. The van der Waals surface area contributed by atoms with E-state index in [0.717, 1.165) is 17.8 Å². The minimum absolute atomic E-state index is 0.154. The zero-order chi connectivity index (χ0) is 17.1. The van der Waals surface area contributed by atoms with Crippen LogP contribution in [0.5, 0.6) is 0 Å². The maximum atomic E-state index is 11.3. The van der Waals surface area contributed by atoms with Gasteiger partial charge in [0.25, 0.3) is 5.79 Å². The molecule has 5 fully saturated rings. The Hall–Kier alpha value is -0.690. The molecular formula is C18H29NO5. The highest BCUT2D eigenvalue weighted by Gasteiger charge is 2.53. The summed E-state index contributed by atoms with van der Waals surface area (Å²) in [6, 6.07) is 0. The van der Waals surface area contributed by atoms with Crippen molar-refractivity contribution in [3.8, 4) is 0 Å². The van der Waals surface area contributed by atoms with E-state index in [2.05, 4.69) is 5.32 Å². The van der Waals surface area contributed by atoms with Crippen molar-refractivity contribution >= 4 is 5.97 Å². The lowest BCUT2D eigenvalue weighted by atomic mass is 9.53. The van der Waals surface area contributed by atoms with Gasteiger partial charge in [-0.1, -0.05) is 6.92 Å². The predicted octanol–water partition coefficient (Wildman–Crippen LogP) is 1.10. The molecule has 0 aromatic carbocycles. The largest absolute Gasteiger partial charge is 0.477 e. The summed E-state index contributed by atoms with van der Waals surface area (Å²) in [6.07, 6.45) is 6.06. The normalized spacial score (nSPS) is 53.3. The number of aliphatic hydroxyl groups is 2. The number of nitrogens with one attached hydrogen (secondary N) is 1. The summed E-state index contributed by atoms with van der Waals surface area (Å²) >= 11 is 0. The van der Waals surface area contributed by atoms with Crippen LogP contribution in [0.25, 0.3) is 0 Å². The van der Waals surface area contributed by atoms with Gasteiger partial charge in [-0.25, -0.2) is 4.79 Å². The molecule has 4 unspecified atom stereocenters. The summed E-state index contributed by atoms with van der Waals surface area (Å²) in [5.41, 5.74) is 0.154. The minimum atomic E-state index is -2.28. The molecule has 0 aromatic heterocycles. The monoisotopic (exact) mass is 339 g/mol. The third kappa shape index (κ3) is 2.77. The van der Waals surface area contributed by atoms with E-state index in [1.165, 1.54) is 38.5 Å². The zero-order valence-electron chi connectivity index (χ0n) is 14.3. The molecule has 136 valence electrons. The summed E-state index contributed by atoms with van der Waals surface area (Å²) in [7, 11) is 0. The number of carbonyl (C=O) groups is 1. The number of aliphatic hydroxyl groups excluding tert-OH is 1. The van der Waals surface area contributed by atoms with Gasteiger partial charge in [-0.05, 0) is 56.3 Å². The maximum Gasteiger partial charge on any atom is 0.364 e. The number of rotatable bonds is 4. The zero-order valence-corrected chi connectivity index (χ0v) is 14.3. The van der Waals surface area contributed by atoms with Crippen molar-refractivity contribution in [3.05, 3.63) is 0 Å². The molecule has 5 rings (SSSR count). The lowest BCUT2D eigenvalue weighted by Gasteiger charge is -2.57. The molecule has 1 heterocycles. The van der Waals surface area contributed by atoms with Crippen LogP contribution in [0.2, 0.25) is 0 Å². The molecule has 6 nitrogen and oxygen atoms in total. The van der Waals surface area contributed by atoms with E-state index in [9.17, 15) is 20.1 Å². The van der Waals surface area contributed by atoms with Crippen molar-refractivity contribution in [3.63, 3.8) is 0 Å². The molecule has 0 aromatic rings. The van der Waals surface area contributed by atoms with Gasteiger partial charge in [0.15, 0.2) is 0 Å². The van der Waals surface area contributed by atoms with E-state index in [4.69, 9.17) is 4.74 Å². The summed E-state index contributed by atoms with van der Waals surface area (Å²) in [4.78, 5) is 11.3. The smallest absolute Gasteiger partial charge is 0.364 e. The first-order chi connectivity index (χ1) is 11.3. The Labute approximate surface area is 142 Å². The summed E-state index contributed by atoms with van der Waals surface area (Å²) < 4.78 is 5.52. The van der Waals surface area contributed by atoms with Crippen LogP contribution in [-0.4, -0.2) is 51.4 Å². The first-order valence-electron chi connectivity index (χ1n) is 9.35. The quantitative estimate of drug-likeness (QED) is 0.612. The predicted molar refractivity (Wildman–Crippen MR) is 86.2 cm³/mol. The first kappa shape index (κ1) is 16.8. The Bertz CT molecular complexity index is 488. The molecule has 24 heavy (non-hydrogen) atoms. The van der Waals surface area contributed by atoms with Gasteiger partial charge in [0.05, 0.1) is 12.2 Å². The highest BCUT2D eigenvalue weighted by molar-refractivity contribution is 5.75. The molecule has 4 aliphatic carbocycles. The van der Waals surface area contributed by atoms with E-state index in [1.54, 1.807) is 0 Å². The Balaban J connectivity index is 1.44. The SMILES string of the molecule is CC1C(O)CC(O)(C(=O)O)OC1CNC12CC3CC(CC(C3)C1)C2. The fraction of sp³-hybridized carbons (Fsp3) is 0.944. The Morgan fingerprint density at radius 2 is 1.67 bits per heavy atom. The molecule has 6 heteroatoms. The van der Waals surface area contributed by atoms with Crippen molar-refractivity contribution in [2.75, 3.05) is 6.54 Å². The molecule has 0 spiro atoms. The lowest BCUT2D eigenvalue weighted by Crippen LogP contribution is -2.62. The number of ether oxygens (including phenoxy) is 1. The Morgan fingerprint density at radius 3 is 2.17 bits per heavy atom. The fourth-order valence-corrected chi connectivity index (χ4v) is 6.13. The van der Waals surface area contributed by atoms with Crippen molar-refractivity contribution in [2.24, 2.45) is 23.7 Å². The van der Waals surface area contributed by atoms with Gasteiger partial charge < -0.3 is 25.4 Å². The second kappa shape index (κ2) is 5.66. The van der Waals surface area contributed by atoms with E-state index < -0.39 is 24.0 Å². The molecule has 0 radical (unpaired) electrons. The number of aliphatic carboxylic acids is 1. The Morgan fingerprint density at radius 1 is 1.12 bits per heavy atom. The van der Waals surface area contributed by atoms with Crippen molar-refractivity contribution in [1.29, 1.82) is 0 Å². The number of carboxylic acid groups (broad SMARTS) is 1. The van der Waals surface area contributed by atoms with Crippen molar-refractivity contribution in [2.45, 2.75) is 75.4 Å². The van der Waals surface area contributed by atoms with Gasteiger partial charge in [0.2, 0.25) is 0 Å². The van der Waals surface area contributed by atoms with Crippen LogP contribution in [0.15, 0.2) is 0 Å². The maximum absolute atomic E-state index is 11.3. The van der Waals surface area contributed by atoms with Crippen LogP contribution in [0, 0.1) is 23.7 Å². The molecule has 1 aliphatic heterocycles. The van der Waals surface area contributed by atoms with E-state index in [-0.39, 0.29) is 17.9 Å². The van der Waals surface area contributed by atoms with Gasteiger partial charge in [0.1, 0.15) is 0 Å². The standard InChI is InChI=1S/C18H29NO5/c1-10-14(20)8-18(23,16(21)22)24-15(10)9-19-17-5-11-2-12(6-17)4-13(3-11)7-17/h10-15,19-20,23H,2-9H2,1H3,(H,21,22). The van der Waals surface area contributed by atoms with Crippen molar-refractivity contribution in [1.82, 2.24) is 5.32 Å². The summed E-state index contributed by atoms with van der Waals surface area (Å²) in [6.45, 7) is 2.35. The Kier molecular flexibility index (Phi) is 3.95. The highest BCUT2D eigenvalue weighted by Crippen LogP contribution is 2.55. The van der Waals surface area contributed by atoms with Crippen molar-refractivity contribution < 1.29 is 24.9 Å². The molecule has 4 bridgehead atoms. The minimum Gasteiger partial charge on any atom is -0.477 e. The third-order valence-corrected chi connectivity index (χ3v) is 7.08. The van der Waals surface area contributed by atoms with Gasteiger partial charge in [-0.2, -0.15) is 0 Å². The molecule has 1 saturated heterocycles. The summed E-state index contributed by atoms with van der Waals surface area (Å²) in [5, 5.41) is 33.2. The molecule has 4 atom stereocenters. The van der Waals surface area contributed by atoms with Crippen LogP contribution >= 0.6 is 0 Å². The summed E-state index contributed by atoms with van der Waals surface area (Å²) in [5.74, 6) is -1.42. The van der Waals surface area contributed by atoms with Gasteiger partial charge in [0, 0.05) is 24.4 Å². The van der Waals surface area contributed by atoms with E-state index >= 15 is 0 Å². The third-order valence-electron chi connectivity index (χ3n) is 7.08.